The van der Waals surface area contributed by atoms with E-state index in [-0.39, 0.29) is 0 Å². The molecule has 0 atom stereocenters. The fourth-order valence-electron chi connectivity index (χ4n) is 3.18. The molecule has 1 aromatic carbocycles. The molecular formula is C19H21ClN6. The molecule has 1 aliphatic rings. The molecule has 1 aliphatic heterocycles. The maximum absolute atomic E-state index is 5.96. The SMILES string of the molecule is Cn1cc(-c2cncc(N3CCN(Cc4ccc(Cl)cc4)CC3)n2)cn1. The minimum Gasteiger partial charge on any atom is -0.353 e. The molecule has 3 heterocycles. The molecule has 0 radical (unpaired) electrons. The van der Waals surface area contributed by atoms with Gasteiger partial charge in [-0.15, -0.1) is 0 Å². The van der Waals surface area contributed by atoms with E-state index in [1.807, 2.05) is 37.8 Å². The number of rotatable bonds is 4. The summed E-state index contributed by atoms with van der Waals surface area (Å²) in [6.07, 6.45) is 7.40. The van der Waals surface area contributed by atoms with Crippen LogP contribution in [0.4, 0.5) is 5.82 Å². The third-order valence-electron chi connectivity index (χ3n) is 4.64. The normalized spacial score (nSPS) is 15.4. The van der Waals surface area contributed by atoms with Gasteiger partial charge in [-0.3, -0.25) is 14.6 Å². The molecule has 26 heavy (non-hydrogen) atoms. The maximum Gasteiger partial charge on any atom is 0.147 e. The van der Waals surface area contributed by atoms with Gasteiger partial charge in [0.1, 0.15) is 5.82 Å². The van der Waals surface area contributed by atoms with Gasteiger partial charge in [-0.2, -0.15) is 5.10 Å². The summed E-state index contributed by atoms with van der Waals surface area (Å²) in [6, 6.07) is 8.09. The van der Waals surface area contributed by atoms with Gasteiger partial charge in [0.05, 0.1) is 24.3 Å². The molecule has 0 amide bonds. The summed E-state index contributed by atoms with van der Waals surface area (Å²) < 4.78 is 1.78. The fourth-order valence-corrected chi connectivity index (χ4v) is 3.31. The minimum absolute atomic E-state index is 0.783. The monoisotopic (exact) mass is 368 g/mol. The zero-order chi connectivity index (χ0) is 17.9. The van der Waals surface area contributed by atoms with Crippen molar-refractivity contribution in [2.45, 2.75) is 6.54 Å². The van der Waals surface area contributed by atoms with Crippen molar-refractivity contribution in [1.82, 2.24) is 24.6 Å². The largest absolute Gasteiger partial charge is 0.353 e. The lowest BCUT2D eigenvalue weighted by molar-refractivity contribution is 0.249. The van der Waals surface area contributed by atoms with Crippen LogP contribution >= 0.6 is 11.6 Å². The number of hydrogen-bond acceptors (Lipinski definition) is 5. The summed E-state index contributed by atoms with van der Waals surface area (Å²) in [5.41, 5.74) is 3.14. The number of halogens is 1. The Morgan fingerprint density at radius 3 is 2.46 bits per heavy atom. The van der Waals surface area contributed by atoms with Gasteiger partial charge >= 0.3 is 0 Å². The van der Waals surface area contributed by atoms with E-state index in [1.54, 1.807) is 10.9 Å². The Morgan fingerprint density at radius 1 is 1.00 bits per heavy atom. The van der Waals surface area contributed by atoms with Gasteiger partial charge in [0.15, 0.2) is 0 Å². The minimum atomic E-state index is 0.783. The van der Waals surface area contributed by atoms with Gasteiger partial charge < -0.3 is 4.90 Å². The zero-order valence-electron chi connectivity index (χ0n) is 14.7. The molecule has 0 saturated carbocycles. The van der Waals surface area contributed by atoms with Gasteiger partial charge in [-0.1, -0.05) is 23.7 Å². The molecule has 0 aliphatic carbocycles. The van der Waals surface area contributed by atoms with E-state index in [0.717, 1.165) is 54.8 Å². The Kier molecular flexibility index (Phi) is 4.86. The molecule has 4 rings (SSSR count). The highest BCUT2D eigenvalue weighted by molar-refractivity contribution is 6.30. The van der Waals surface area contributed by atoms with Crippen LogP contribution < -0.4 is 4.90 Å². The second kappa shape index (κ2) is 7.43. The van der Waals surface area contributed by atoms with Crippen LogP contribution in [-0.2, 0) is 13.6 Å². The molecule has 7 heteroatoms. The zero-order valence-corrected chi connectivity index (χ0v) is 15.5. The van der Waals surface area contributed by atoms with Crippen molar-refractivity contribution in [2.75, 3.05) is 31.1 Å². The molecular weight excluding hydrogens is 348 g/mol. The molecule has 1 saturated heterocycles. The number of hydrogen-bond donors (Lipinski definition) is 0. The molecule has 0 bridgehead atoms. The van der Waals surface area contributed by atoms with Crippen molar-refractivity contribution in [2.24, 2.45) is 7.05 Å². The lowest BCUT2D eigenvalue weighted by Crippen LogP contribution is -2.46. The van der Waals surface area contributed by atoms with Crippen molar-refractivity contribution < 1.29 is 0 Å². The highest BCUT2D eigenvalue weighted by atomic mass is 35.5. The van der Waals surface area contributed by atoms with Gasteiger partial charge in [-0.05, 0) is 17.7 Å². The molecule has 2 aromatic heterocycles. The maximum atomic E-state index is 5.96. The van der Waals surface area contributed by atoms with Gasteiger partial charge in [0, 0.05) is 56.6 Å². The van der Waals surface area contributed by atoms with E-state index in [4.69, 9.17) is 16.6 Å². The summed E-state index contributed by atoms with van der Waals surface area (Å²) in [5.74, 6) is 0.928. The van der Waals surface area contributed by atoms with E-state index >= 15 is 0 Å². The average molecular weight is 369 g/mol. The van der Waals surface area contributed by atoms with Crippen LogP contribution in [0.25, 0.3) is 11.3 Å². The number of anilines is 1. The second-order valence-electron chi connectivity index (χ2n) is 6.55. The number of aromatic nitrogens is 4. The van der Waals surface area contributed by atoms with E-state index in [9.17, 15) is 0 Å². The quantitative estimate of drug-likeness (QED) is 0.708. The molecule has 0 spiro atoms. The van der Waals surface area contributed by atoms with E-state index in [2.05, 4.69) is 32.0 Å². The van der Waals surface area contributed by atoms with Crippen LogP contribution in [0.3, 0.4) is 0 Å². The summed E-state index contributed by atoms with van der Waals surface area (Å²) >= 11 is 5.96. The first-order valence-electron chi connectivity index (χ1n) is 8.70. The van der Waals surface area contributed by atoms with Crippen LogP contribution in [0.5, 0.6) is 0 Å². The van der Waals surface area contributed by atoms with Crippen LogP contribution in [-0.4, -0.2) is 50.8 Å². The Morgan fingerprint density at radius 2 is 1.77 bits per heavy atom. The second-order valence-corrected chi connectivity index (χ2v) is 6.99. The summed E-state index contributed by atoms with van der Waals surface area (Å²) in [7, 11) is 1.90. The number of benzene rings is 1. The fraction of sp³-hybridized carbons (Fsp3) is 0.316. The first-order valence-corrected chi connectivity index (χ1v) is 9.08. The van der Waals surface area contributed by atoms with Crippen LogP contribution in [0, 0.1) is 0 Å². The highest BCUT2D eigenvalue weighted by Gasteiger charge is 2.19. The number of piperazine rings is 1. The van der Waals surface area contributed by atoms with E-state index < -0.39 is 0 Å². The summed E-state index contributed by atoms with van der Waals surface area (Å²) in [5, 5.41) is 4.99. The van der Waals surface area contributed by atoms with Crippen molar-refractivity contribution >= 4 is 17.4 Å². The number of nitrogens with zero attached hydrogens (tertiary/aromatic N) is 6. The topological polar surface area (TPSA) is 50.1 Å². The van der Waals surface area contributed by atoms with Crippen molar-refractivity contribution in [3.8, 4) is 11.3 Å². The Hall–Kier alpha value is -2.44. The van der Waals surface area contributed by atoms with Gasteiger partial charge in [0.2, 0.25) is 0 Å². The molecule has 0 N–H and O–H groups in total. The molecule has 3 aromatic rings. The van der Waals surface area contributed by atoms with Crippen molar-refractivity contribution in [3.05, 3.63) is 59.6 Å². The lowest BCUT2D eigenvalue weighted by Gasteiger charge is -2.35. The Bertz CT molecular complexity index is 868. The van der Waals surface area contributed by atoms with Gasteiger partial charge in [-0.25, -0.2) is 4.98 Å². The first-order chi connectivity index (χ1) is 12.7. The summed E-state index contributed by atoms with van der Waals surface area (Å²) in [6.45, 7) is 4.84. The first kappa shape index (κ1) is 17.0. The number of aryl methyl sites for hydroxylation is 1. The van der Waals surface area contributed by atoms with Crippen LogP contribution in [0.1, 0.15) is 5.56 Å². The standard InChI is InChI=1S/C19H21ClN6/c1-24-14-16(10-22-24)18-11-21-12-19(23-18)26-8-6-25(7-9-26)13-15-2-4-17(20)5-3-15/h2-5,10-12,14H,6-9,13H2,1H3. The highest BCUT2D eigenvalue weighted by Crippen LogP contribution is 2.20. The third-order valence-corrected chi connectivity index (χ3v) is 4.89. The lowest BCUT2D eigenvalue weighted by atomic mass is 10.2. The predicted octanol–water partition coefficient (Wildman–Crippen LogP) is 2.85. The predicted molar refractivity (Wildman–Crippen MR) is 103 cm³/mol. The van der Waals surface area contributed by atoms with E-state index in [0.29, 0.717) is 0 Å². The van der Waals surface area contributed by atoms with Gasteiger partial charge in [0.25, 0.3) is 0 Å². The Balaban J connectivity index is 1.39. The molecule has 1 fully saturated rings. The van der Waals surface area contributed by atoms with Crippen molar-refractivity contribution in [1.29, 1.82) is 0 Å². The Labute approximate surface area is 158 Å². The molecule has 6 nitrogen and oxygen atoms in total. The molecule has 134 valence electrons. The van der Waals surface area contributed by atoms with Crippen LogP contribution in [0.15, 0.2) is 49.1 Å². The molecule has 0 unspecified atom stereocenters. The van der Waals surface area contributed by atoms with Crippen LogP contribution in [0.2, 0.25) is 5.02 Å². The average Bonchev–Trinajstić information content (AvgIpc) is 3.11. The third kappa shape index (κ3) is 3.86. The van der Waals surface area contributed by atoms with E-state index in [1.165, 1.54) is 5.56 Å². The smallest absolute Gasteiger partial charge is 0.147 e. The van der Waals surface area contributed by atoms with Crippen molar-refractivity contribution in [3.63, 3.8) is 0 Å². The summed E-state index contributed by atoms with van der Waals surface area (Å²) in [4.78, 5) is 13.9.